The molecule has 0 saturated heterocycles. The van der Waals surface area contributed by atoms with Crippen molar-refractivity contribution >= 4 is 46.3 Å². The van der Waals surface area contributed by atoms with E-state index in [1.807, 2.05) is 34.7 Å². The van der Waals surface area contributed by atoms with Crippen molar-refractivity contribution < 1.29 is 9.59 Å². The maximum atomic E-state index is 11.5. The molecule has 0 radical (unpaired) electrons. The summed E-state index contributed by atoms with van der Waals surface area (Å²) in [6.07, 6.45) is 0.706. The van der Waals surface area contributed by atoms with E-state index in [9.17, 15) is 9.59 Å². The van der Waals surface area contributed by atoms with Crippen LogP contribution in [0.4, 0.5) is 0 Å². The summed E-state index contributed by atoms with van der Waals surface area (Å²) in [5, 5.41) is 0. The van der Waals surface area contributed by atoms with Gasteiger partial charge in [0.1, 0.15) is 0 Å². The van der Waals surface area contributed by atoms with Gasteiger partial charge in [-0.1, -0.05) is 6.07 Å². The molecule has 1 aromatic rings. The Morgan fingerprint density at radius 1 is 1.57 bits per heavy atom. The number of carbonyl (C=O) groups excluding carboxylic acids is 2. The Hall–Kier alpha value is -0.420. The highest BCUT2D eigenvalue weighted by atomic mass is 127. The van der Waals surface area contributed by atoms with Crippen molar-refractivity contribution in [3.63, 3.8) is 0 Å². The summed E-state index contributed by atoms with van der Waals surface area (Å²) in [4.78, 5) is 22.3. The van der Waals surface area contributed by atoms with Gasteiger partial charge in [0.2, 0.25) is 0 Å². The molecule has 0 aliphatic rings. The summed E-state index contributed by atoms with van der Waals surface area (Å²) in [6.45, 7) is 1.80. The average Bonchev–Trinajstić information content (AvgIpc) is 2.19. The molecule has 14 heavy (non-hydrogen) atoms. The highest BCUT2D eigenvalue weighted by Gasteiger charge is 2.15. The number of alkyl halides is 1. The normalized spacial score (nSPS) is 9.93. The molecule has 0 fully saturated rings. The second-order valence-corrected chi connectivity index (χ2v) is 4.26. The van der Waals surface area contributed by atoms with Crippen LogP contribution in [0.15, 0.2) is 12.1 Å². The van der Waals surface area contributed by atoms with Crippen LogP contribution in [0.3, 0.4) is 0 Å². The highest BCUT2D eigenvalue weighted by Crippen LogP contribution is 2.20. The molecule has 0 aromatic heterocycles. The summed E-state index contributed by atoms with van der Waals surface area (Å²) < 4.78 is 0.765. The van der Waals surface area contributed by atoms with Crippen molar-refractivity contribution in [1.29, 1.82) is 0 Å². The number of ketones is 1. The number of hydrogen-bond acceptors (Lipinski definition) is 2. The van der Waals surface area contributed by atoms with Crippen LogP contribution in [0, 0.1) is 10.5 Å². The molecule has 0 N–H and O–H groups in total. The Morgan fingerprint density at radius 3 is 2.71 bits per heavy atom. The molecule has 1 aromatic carbocycles. The van der Waals surface area contributed by atoms with E-state index < -0.39 is 0 Å². The van der Waals surface area contributed by atoms with Crippen LogP contribution in [-0.2, 0) is 0 Å². The van der Waals surface area contributed by atoms with Crippen LogP contribution in [0.1, 0.15) is 26.3 Å². The molecule has 0 atom stereocenters. The number of hydrogen-bond donors (Lipinski definition) is 0. The summed E-state index contributed by atoms with van der Waals surface area (Å²) in [6, 6.07) is 3.62. The first-order valence-corrected chi connectivity index (χ1v) is 5.56. The molecule has 2 nitrogen and oxygen atoms in total. The van der Waals surface area contributed by atoms with E-state index in [-0.39, 0.29) is 11.7 Å². The molecular weight excluding hydrogens is 314 g/mol. The van der Waals surface area contributed by atoms with Crippen molar-refractivity contribution in [2.45, 2.75) is 6.92 Å². The van der Waals surface area contributed by atoms with E-state index in [1.54, 1.807) is 6.92 Å². The van der Waals surface area contributed by atoms with Gasteiger partial charge < -0.3 is 0 Å². The van der Waals surface area contributed by atoms with E-state index in [0.29, 0.717) is 17.4 Å². The van der Waals surface area contributed by atoms with Gasteiger partial charge in [0.05, 0.1) is 5.88 Å². The minimum Gasteiger partial charge on any atom is -0.298 e. The number of benzene rings is 1. The van der Waals surface area contributed by atoms with E-state index in [2.05, 4.69) is 0 Å². The minimum atomic E-state index is -0.207. The molecule has 0 aliphatic carbocycles. The lowest BCUT2D eigenvalue weighted by molar-refractivity contribution is 0.101. The number of halogens is 2. The molecule has 0 spiro atoms. The first kappa shape index (κ1) is 11.7. The van der Waals surface area contributed by atoms with Crippen molar-refractivity contribution in [2.24, 2.45) is 0 Å². The fourth-order valence-electron chi connectivity index (χ4n) is 1.20. The monoisotopic (exact) mass is 322 g/mol. The zero-order valence-electron chi connectivity index (χ0n) is 7.51. The Labute approximate surface area is 101 Å². The van der Waals surface area contributed by atoms with Crippen molar-refractivity contribution in [1.82, 2.24) is 0 Å². The fraction of sp³-hybridized carbons (Fsp3) is 0.200. The molecule has 74 valence electrons. The SMILES string of the molecule is Cc1ccc(I)c(C(=O)CCl)c1C=O. The van der Waals surface area contributed by atoms with Gasteiger partial charge in [-0.25, -0.2) is 0 Å². The molecule has 4 heteroatoms. The average molecular weight is 323 g/mol. The first-order chi connectivity index (χ1) is 6.61. The minimum absolute atomic E-state index is 0.0969. The van der Waals surface area contributed by atoms with E-state index in [4.69, 9.17) is 11.6 Å². The Bertz CT molecular complexity index is 388. The van der Waals surface area contributed by atoms with Crippen LogP contribution in [0.2, 0.25) is 0 Å². The lowest BCUT2D eigenvalue weighted by Crippen LogP contribution is -2.08. The summed E-state index contributed by atoms with van der Waals surface area (Å²) >= 11 is 7.50. The summed E-state index contributed by atoms with van der Waals surface area (Å²) in [5.74, 6) is -0.304. The molecule has 0 bridgehead atoms. The largest absolute Gasteiger partial charge is 0.298 e. The zero-order chi connectivity index (χ0) is 10.7. The van der Waals surface area contributed by atoms with Gasteiger partial charge >= 0.3 is 0 Å². The standard InChI is InChI=1S/C10H8ClIO2/c1-6-2-3-8(12)10(7(6)5-13)9(14)4-11/h2-3,5H,4H2,1H3. The summed E-state index contributed by atoms with van der Waals surface area (Å²) in [5.41, 5.74) is 1.69. The quantitative estimate of drug-likeness (QED) is 0.371. The maximum Gasteiger partial charge on any atom is 0.179 e. The van der Waals surface area contributed by atoms with Crippen molar-refractivity contribution in [3.8, 4) is 0 Å². The van der Waals surface area contributed by atoms with Gasteiger partial charge in [0.15, 0.2) is 12.1 Å². The number of Topliss-reactive ketones (excluding diaryl/α,β-unsaturated/α-hetero) is 1. The van der Waals surface area contributed by atoms with Gasteiger partial charge in [-0.3, -0.25) is 9.59 Å². The predicted octanol–water partition coefficient (Wildman–Crippen LogP) is 2.83. The second-order valence-electron chi connectivity index (χ2n) is 2.83. The van der Waals surface area contributed by atoms with Crippen LogP contribution in [-0.4, -0.2) is 17.9 Å². The maximum absolute atomic E-state index is 11.5. The topological polar surface area (TPSA) is 34.1 Å². The van der Waals surface area contributed by atoms with Crippen LogP contribution in [0.5, 0.6) is 0 Å². The molecule has 0 aliphatic heterocycles. The van der Waals surface area contributed by atoms with Crippen LogP contribution in [0.25, 0.3) is 0 Å². The Balaban J connectivity index is 3.44. The van der Waals surface area contributed by atoms with Crippen LogP contribution >= 0.6 is 34.2 Å². The van der Waals surface area contributed by atoms with Crippen molar-refractivity contribution in [2.75, 3.05) is 5.88 Å². The molecule has 0 unspecified atom stereocenters. The van der Waals surface area contributed by atoms with E-state index >= 15 is 0 Å². The lowest BCUT2D eigenvalue weighted by atomic mass is 10.0. The van der Waals surface area contributed by atoms with E-state index in [0.717, 1.165) is 9.13 Å². The number of aryl methyl sites for hydroxylation is 1. The molecule has 1 rings (SSSR count). The Morgan fingerprint density at radius 2 is 2.21 bits per heavy atom. The Kier molecular flexibility index (Phi) is 4.07. The zero-order valence-corrected chi connectivity index (χ0v) is 10.4. The highest BCUT2D eigenvalue weighted by molar-refractivity contribution is 14.1. The van der Waals surface area contributed by atoms with Gasteiger partial charge in [0.25, 0.3) is 0 Å². The molecular formula is C10H8ClIO2. The number of rotatable bonds is 3. The fourth-order valence-corrected chi connectivity index (χ4v) is 2.10. The second kappa shape index (κ2) is 4.89. The van der Waals surface area contributed by atoms with Crippen LogP contribution < -0.4 is 0 Å². The van der Waals surface area contributed by atoms with Gasteiger partial charge in [-0.15, -0.1) is 11.6 Å². The molecule has 0 saturated carbocycles. The predicted molar refractivity (Wildman–Crippen MR) is 64.3 cm³/mol. The smallest absolute Gasteiger partial charge is 0.179 e. The van der Waals surface area contributed by atoms with Gasteiger partial charge in [0, 0.05) is 14.7 Å². The number of carbonyl (C=O) groups is 2. The van der Waals surface area contributed by atoms with Crippen molar-refractivity contribution in [3.05, 3.63) is 32.4 Å². The van der Waals surface area contributed by atoms with E-state index in [1.165, 1.54) is 0 Å². The first-order valence-electron chi connectivity index (χ1n) is 3.95. The lowest BCUT2D eigenvalue weighted by Gasteiger charge is -2.07. The third-order valence-electron chi connectivity index (χ3n) is 1.93. The number of aldehydes is 1. The third-order valence-corrected chi connectivity index (χ3v) is 3.07. The third kappa shape index (κ3) is 2.15. The van der Waals surface area contributed by atoms with Gasteiger partial charge in [-0.05, 0) is 41.1 Å². The van der Waals surface area contributed by atoms with Gasteiger partial charge in [-0.2, -0.15) is 0 Å². The summed E-state index contributed by atoms with van der Waals surface area (Å²) in [7, 11) is 0. The molecule has 0 amide bonds. The molecule has 0 heterocycles.